The minimum atomic E-state index is -2.78. The molecule has 8 heteroatoms. The van der Waals surface area contributed by atoms with Crippen LogP contribution in [0.15, 0.2) is 34.5 Å². The fourth-order valence-electron chi connectivity index (χ4n) is 1.36. The normalized spacial score (nSPS) is 11.6. The minimum Gasteiger partial charge on any atom is -0.207 e. The molecule has 1 aromatic heterocycles. The SMILES string of the molecule is CSc1nnc(C(F)F)n1/N=C/c1cccc(F)c1. The van der Waals surface area contributed by atoms with Gasteiger partial charge < -0.3 is 0 Å². The fraction of sp³-hybridized carbons (Fsp3) is 0.182. The number of benzene rings is 1. The van der Waals surface area contributed by atoms with Gasteiger partial charge in [-0.2, -0.15) is 9.78 Å². The van der Waals surface area contributed by atoms with E-state index in [-0.39, 0.29) is 5.16 Å². The number of nitrogens with zero attached hydrogens (tertiary/aromatic N) is 4. The van der Waals surface area contributed by atoms with Crippen LogP contribution in [0.1, 0.15) is 17.8 Å². The first-order valence-electron chi connectivity index (χ1n) is 5.19. The van der Waals surface area contributed by atoms with E-state index in [2.05, 4.69) is 15.3 Å². The van der Waals surface area contributed by atoms with E-state index in [1.54, 1.807) is 12.3 Å². The van der Waals surface area contributed by atoms with Gasteiger partial charge in [-0.3, -0.25) is 0 Å². The van der Waals surface area contributed by atoms with Crippen LogP contribution in [0.3, 0.4) is 0 Å². The molecule has 0 aliphatic rings. The van der Waals surface area contributed by atoms with Gasteiger partial charge >= 0.3 is 0 Å². The molecule has 4 nitrogen and oxygen atoms in total. The summed E-state index contributed by atoms with van der Waals surface area (Å²) in [7, 11) is 0. The van der Waals surface area contributed by atoms with E-state index >= 15 is 0 Å². The topological polar surface area (TPSA) is 43.1 Å². The molecule has 2 rings (SSSR count). The molecule has 1 aromatic carbocycles. The van der Waals surface area contributed by atoms with Crippen molar-refractivity contribution in [2.24, 2.45) is 5.10 Å². The third-order valence-electron chi connectivity index (χ3n) is 2.18. The molecule has 0 atom stereocenters. The van der Waals surface area contributed by atoms with Gasteiger partial charge in [-0.25, -0.2) is 13.2 Å². The lowest BCUT2D eigenvalue weighted by atomic mass is 10.2. The van der Waals surface area contributed by atoms with Crippen LogP contribution in [0, 0.1) is 5.82 Å². The number of hydrogen-bond acceptors (Lipinski definition) is 4. The zero-order chi connectivity index (χ0) is 13.8. The maximum Gasteiger partial charge on any atom is 0.299 e. The van der Waals surface area contributed by atoms with Gasteiger partial charge in [0.05, 0.1) is 6.21 Å². The fourth-order valence-corrected chi connectivity index (χ4v) is 1.80. The second kappa shape index (κ2) is 5.87. The Morgan fingerprint density at radius 1 is 1.37 bits per heavy atom. The predicted molar refractivity (Wildman–Crippen MR) is 66.2 cm³/mol. The highest BCUT2D eigenvalue weighted by Gasteiger charge is 2.19. The average Bonchev–Trinajstić information content (AvgIpc) is 2.79. The number of aromatic nitrogens is 3. The van der Waals surface area contributed by atoms with Crippen LogP contribution in [0.4, 0.5) is 13.2 Å². The summed E-state index contributed by atoms with van der Waals surface area (Å²) in [5, 5.41) is 11.1. The quantitative estimate of drug-likeness (QED) is 0.641. The Kier molecular flexibility index (Phi) is 4.20. The summed E-state index contributed by atoms with van der Waals surface area (Å²) in [6.45, 7) is 0. The average molecular weight is 286 g/mol. The Hall–Kier alpha value is -1.83. The van der Waals surface area contributed by atoms with Gasteiger partial charge in [0.25, 0.3) is 6.43 Å². The predicted octanol–water partition coefficient (Wildman–Crippen LogP) is 2.96. The molecule has 0 saturated carbocycles. The van der Waals surface area contributed by atoms with E-state index in [4.69, 9.17) is 0 Å². The van der Waals surface area contributed by atoms with Crippen LogP contribution in [-0.4, -0.2) is 27.3 Å². The highest BCUT2D eigenvalue weighted by Crippen LogP contribution is 2.21. The first-order valence-corrected chi connectivity index (χ1v) is 6.41. The van der Waals surface area contributed by atoms with Gasteiger partial charge in [0, 0.05) is 0 Å². The van der Waals surface area contributed by atoms with Crippen molar-refractivity contribution in [2.45, 2.75) is 11.6 Å². The van der Waals surface area contributed by atoms with Gasteiger partial charge in [0.15, 0.2) is 0 Å². The number of hydrogen-bond donors (Lipinski definition) is 0. The van der Waals surface area contributed by atoms with E-state index in [0.29, 0.717) is 5.56 Å². The largest absolute Gasteiger partial charge is 0.299 e. The molecule has 0 unspecified atom stereocenters. The molecule has 0 spiro atoms. The first kappa shape index (κ1) is 13.6. The standard InChI is InChI=1S/C11H9F3N4S/c1-19-11-17-16-10(9(13)14)18(11)15-6-7-3-2-4-8(12)5-7/h2-6,9H,1H3/b15-6+. The number of rotatable bonds is 4. The zero-order valence-electron chi connectivity index (χ0n) is 9.80. The maximum atomic E-state index is 13.0. The van der Waals surface area contributed by atoms with Gasteiger partial charge in [-0.15, -0.1) is 10.2 Å². The van der Waals surface area contributed by atoms with Gasteiger partial charge in [0.2, 0.25) is 11.0 Å². The summed E-state index contributed by atoms with van der Waals surface area (Å²) in [6.07, 6.45) is 0.170. The monoisotopic (exact) mass is 286 g/mol. The van der Waals surface area contributed by atoms with Crippen molar-refractivity contribution in [1.82, 2.24) is 14.9 Å². The van der Waals surface area contributed by atoms with E-state index in [1.807, 2.05) is 0 Å². The lowest BCUT2D eigenvalue weighted by Crippen LogP contribution is -2.00. The molecule has 19 heavy (non-hydrogen) atoms. The molecule has 0 saturated heterocycles. The first-order chi connectivity index (χ1) is 9.11. The van der Waals surface area contributed by atoms with E-state index in [9.17, 15) is 13.2 Å². The van der Waals surface area contributed by atoms with Crippen molar-refractivity contribution in [2.75, 3.05) is 6.26 Å². The molecule has 0 N–H and O–H groups in total. The van der Waals surface area contributed by atoms with Gasteiger partial charge in [-0.05, 0) is 24.0 Å². The Balaban J connectivity index is 2.34. The van der Waals surface area contributed by atoms with Crippen molar-refractivity contribution in [3.8, 4) is 0 Å². The summed E-state index contributed by atoms with van der Waals surface area (Å²) < 4.78 is 39.3. The van der Waals surface area contributed by atoms with Crippen molar-refractivity contribution < 1.29 is 13.2 Å². The maximum absolute atomic E-state index is 13.0. The molecule has 2 aromatic rings. The second-order valence-corrected chi connectivity index (χ2v) is 4.23. The summed E-state index contributed by atoms with van der Waals surface area (Å²) in [5.41, 5.74) is 0.459. The molecular formula is C11H9F3N4S. The molecular weight excluding hydrogens is 277 g/mol. The highest BCUT2D eigenvalue weighted by atomic mass is 32.2. The van der Waals surface area contributed by atoms with E-state index in [0.717, 1.165) is 16.4 Å². The number of halogens is 3. The highest BCUT2D eigenvalue weighted by molar-refractivity contribution is 7.98. The second-order valence-electron chi connectivity index (χ2n) is 3.46. The van der Waals surface area contributed by atoms with Crippen LogP contribution >= 0.6 is 11.8 Å². The minimum absolute atomic E-state index is 0.239. The number of alkyl halides is 2. The van der Waals surface area contributed by atoms with Gasteiger partial charge in [-0.1, -0.05) is 23.9 Å². The van der Waals surface area contributed by atoms with E-state index in [1.165, 1.54) is 24.4 Å². The lowest BCUT2D eigenvalue weighted by Gasteiger charge is -2.01. The van der Waals surface area contributed by atoms with Crippen LogP contribution in [0.5, 0.6) is 0 Å². The van der Waals surface area contributed by atoms with Crippen molar-refractivity contribution >= 4 is 18.0 Å². The summed E-state index contributed by atoms with van der Waals surface area (Å²) in [4.78, 5) is 0. The van der Waals surface area contributed by atoms with Crippen molar-refractivity contribution in [3.63, 3.8) is 0 Å². The Morgan fingerprint density at radius 3 is 2.79 bits per heavy atom. The van der Waals surface area contributed by atoms with Crippen molar-refractivity contribution in [1.29, 1.82) is 0 Å². The van der Waals surface area contributed by atoms with Crippen molar-refractivity contribution in [3.05, 3.63) is 41.5 Å². The molecule has 0 fully saturated rings. The molecule has 0 bridgehead atoms. The molecule has 0 aliphatic heterocycles. The van der Waals surface area contributed by atoms with Crippen LogP contribution in [0.2, 0.25) is 0 Å². The third kappa shape index (κ3) is 3.14. The van der Waals surface area contributed by atoms with Crippen LogP contribution in [-0.2, 0) is 0 Å². The third-order valence-corrected chi connectivity index (χ3v) is 2.80. The van der Waals surface area contributed by atoms with Crippen LogP contribution < -0.4 is 0 Å². The van der Waals surface area contributed by atoms with E-state index < -0.39 is 18.1 Å². The Bertz CT molecular complexity index is 597. The lowest BCUT2D eigenvalue weighted by molar-refractivity contribution is 0.135. The Morgan fingerprint density at radius 2 is 2.16 bits per heavy atom. The Labute approximate surface area is 111 Å². The molecule has 0 aliphatic carbocycles. The summed E-state index contributed by atoms with van der Waals surface area (Å²) >= 11 is 1.14. The molecule has 1 heterocycles. The number of thioether (sulfide) groups is 1. The molecule has 0 amide bonds. The summed E-state index contributed by atoms with van der Waals surface area (Å²) in [5.74, 6) is -0.969. The molecule has 100 valence electrons. The van der Waals surface area contributed by atoms with Crippen LogP contribution in [0.25, 0.3) is 0 Å². The smallest absolute Gasteiger partial charge is 0.207 e. The molecule has 0 radical (unpaired) electrons. The van der Waals surface area contributed by atoms with Gasteiger partial charge in [0.1, 0.15) is 5.82 Å². The summed E-state index contributed by atoms with van der Waals surface area (Å²) in [6, 6.07) is 5.65. The zero-order valence-corrected chi connectivity index (χ0v) is 10.6.